The fraction of sp³-hybridized carbons (Fsp3) is 0.400. The van der Waals surface area contributed by atoms with Gasteiger partial charge in [-0.05, 0) is 31.6 Å². The first kappa shape index (κ1) is 19.6. The highest BCUT2D eigenvalue weighted by Crippen LogP contribution is 2.36. The Hall–Kier alpha value is -2.40. The van der Waals surface area contributed by atoms with Gasteiger partial charge >= 0.3 is 0 Å². The molecule has 1 saturated carbocycles. The quantitative estimate of drug-likeness (QED) is 0.521. The molecule has 0 spiro atoms. The molecule has 1 aromatic heterocycles. The number of fused-ring (bicyclic) bond motifs is 2. The first-order valence-electron chi connectivity index (χ1n) is 11.0. The predicted molar refractivity (Wildman–Crippen MR) is 122 cm³/mol. The molecule has 2 atom stereocenters. The van der Waals surface area contributed by atoms with Crippen LogP contribution >= 0.6 is 11.8 Å². The number of carbonyl (C=O) groups excluding carboxylic acids is 1. The third-order valence-corrected chi connectivity index (χ3v) is 7.56. The summed E-state index contributed by atoms with van der Waals surface area (Å²) >= 11 is 1.53. The monoisotopic (exact) mass is 417 g/mol. The van der Waals surface area contributed by atoms with Crippen LogP contribution in [0.2, 0.25) is 0 Å². The Kier molecular flexibility index (Phi) is 5.71. The third-order valence-electron chi connectivity index (χ3n) is 6.60. The number of piperidine rings is 1. The minimum absolute atomic E-state index is 0.259. The Morgan fingerprint density at radius 1 is 0.900 bits per heavy atom. The number of aromatic nitrogens is 2. The van der Waals surface area contributed by atoms with Gasteiger partial charge < -0.3 is 4.90 Å². The van der Waals surface area contributed by atoms with Gasteiger partial charge in [0.15, 0.2) is 0 Å². The van der Waals surface area contributed by atoms with Crippen LogP contribution in [0, 0.1) is 5.92 Å². The second-order valence-electron chi connectivity index (χ2n) is 8.40. The van der Waals surface area contributed by atoms with Crippen LogP contribution in [0.5, 0.6) is 0 Å². The van der Waals surface area contributed by atoms with Crippen molar-refractivity contribution in [1.29, 1.82) is 0 Å². The van der Waals surface area contributed by atoms with E-state index in [2.05, 4.69) is 39.4 Å². The highest BCUT2D eigenvalue weighted by atomic mass is 32.2. The van der Waals surface area contributed by atoms with E-state index in [0.717, 1.165) is 40.0 Å². The maximum atomic E-state index is 13.1. The molecular formula is C25H27N3OS. The summed E-state index contributed by atoms with van der Waals surface area (Å²) in [6, 6.07) is 18.9. The molecule has 0 N–H and O–H groups in total. The van der Waals surface area contributed by atoms with Crippen molar-refractivity contribution < 1.29 is 4.79 Å². The maximum absolute atomic E-state index is 13.1. The normalized spacial score (nSPS) is 21.4. The molecule has 0 bridgehead atoms. The largest absolute Gasteiger partial charge is 0.339 e. The SMILES string of the molecule is O=C(CSc1nnc(-c2ccccc2)c2ccccc12)N1CCCC2CCCCC21. The second kappa shape index (κ2) is 8.76. The molecule has 2 aliphatic rings. The number of rotatable bonds is 4. The zero-order valence-corrected chi connectivity index (χ0v) is 18.0. The molecule has 2 aromatic carbocycles. The lowest BCUT2D eigenvalue weighted by Gasteiger charge is -2.44. The zero-order chi connectivity index (χ0) is 20.3. The molecule has 2 heterocycles. The van der Waals surface area contributed by atoms with E-state index < -0.39 is 0 Å². The maximum Gasteiger partial charge on any atom is 0.233 e. The van der Waals surface area contributed by atoms with Crippen LogP contribution in [-0.4, -0.2) is 39.3 Å². The highest BCUT2D eigenvalue weighted by Gasteiger charge is 2.35. The molecule has 1 saturated heterocycles. The summed E-state index contributed by atoms with van der Waals surface area (Å²) in [7, 11) is 0. The summed E-state index contributed by atoms with van der Waals surface area (Å²) in [4.78, 5) is 15.3. The number of benzene rings is 2. The molecule has 5 heteroatoms. The minimum Gasteiger partial charge on any atom is -0.339 e. The van der Waals surface area contributed by atoms with E-state index >= 15 is 0 Å². The summed E-state index contributed by atoms with van der Waals surface area (Å²) in [6.45, 7) is 0.917. The molecular weight excluding hydrogens is 390 g/mol. The number of carbonyl (C=O) groups is 1. The number of nitrogens with zero attached hydrogens (tertiary/aromatic N) is 3. The summed E-state index contributed by atoms with van der Waals surface area (Å²) < 4.78 is 0. The highest BCUT2D eigenvalue weighted by molar-refractivity contribution is 8.00. The van der Waals surface area contributed by atoms with Gasteiger partial charge in [-0.25, -0.2) is 0 Å². The van der Waals surface area contributed by atoms with Gasteiger partial charge in [-0.1, -0.05) is 79.2 Å². The van der Waals surface area contributed by atoms with Crippen LogP contribution in [0.15, 0.2) is 59.6 Å². The van der Waals surface area contributed by atoms with E-state index in [4.69, 9.17) is 0 Å². The number of thioether (sulfide) groups is 1. The van der Waals surface area contributed by atoms with Gasteiger partial charge in [0.05, 0.1) is 5.75 Å². The molecule has 2 fully saturated rings. The smallest absolute Gasteiger partial charge is 0.233 e. The number of likely N-dealkylation sites (tertiary alicyclic amines) is 1. The Morgan fingerprint density at radius 3 is 2.50 bits per heavy atom. The summed E-state index contributed by atoms with van der Waals surface area (Å²) in [5.74, 6) is 1.41. The van der Waals surface area contributed by atoms with Gasteiger partial charge in [0.2, 0.25) is 5.91 Å². The van der Waals surface area contributed by atoms with E-state index in [1.807, 2.05) is 30.3 Å². The van der Waals surface area contributed by atoms with Crippen molar-refractivity contribution >= 4 is 28.4 Å². The van der Waals surface area contributed by atoms with Crippen molar-refractivity contribution in [3.63, 3.8) is 0 Å². The second-order valence-corrected chi connectivity index (χ2v) is 9.36. The number of hydrogen-bond acceptors (Lipinski definition) is 4. The van der Waals surface area contributed by atoms with Crippen LogP contribution in [-0.2, 0) is 4.79 Å². The van der Waals surface area contributed by atoms with Crippen LogP contribution in [0.4, 0.5) is 0 Å². The minimum atomic E-state index is 0.259. The van der Waals surface area contributed by atoms with Gasteiger partial charge in [0.25, 0.3) is 0 Å². The van der Waals surface area contributed by atoms with Gasteiger partial charge in [-0.15, -0.1) is 10.2 Å². The van der Waals surface area contributed by atoms with Crippen LogP contribution in [0.3, 0.4) is 0 Å². The predicted octanol–water partition coefficient (Wildman–Crippen LogP) is 5.57. The zero-order valence-electron chi connectivity index (χ0n) is 17.2. The van der Waals surface area contributed by atoms with Gasteiger partial charge in [0, 0.05) is 28.9 Å². The van der Waals surface area contributed by atoms with Crippen molar-refractivity contribution in [3.8, 4) is 11.3 Å². The lowest BCUT2D eigenvalue weighted by atomic mass is 9.78. The van der Waals surface area contributed by atoms with Gasteiger partial charge in [0.1, 0.15) is 10.7 Å². The molecule has 1 aliphatic carbocycles. The number of hydrogen-bond donors (Lipinski definition) is 0. The Balaban J connectivity index is 1.36. The van der Waals surface area contributed by atoms with E-state index in [9.17, 15) is 4.79 Å². The standard InChI is InChI=1S/C25H27N3OS/c29-23(28-16-8-12-18-9-4-7-15-22(18)28)17-30-25-21-14-6-5-13-20(21)24(26-27-25)19-10-2-1-3-11-19/h1-3,5-6,10-11,13-14,18,22H,4,7-9,12,15-17H2. The van der Waals surface area contributed by atoms with Crippen molar-refractivity contribution in [2.24, 2.45) is 5.92 Å². The lowest BCUT2D eigenvalue weighted by molar-refractivity contribution is -0.134. The molecule has 154 valence electrons. The summed E-state index contributed by atoms with van der Waals surface area (Å²) in [5, 5.41) is 12.1. The molecule has 3 aromatic rings. The van der Waals surface area contributed by atoms with E-state index in [0.29, 0.717) is 17.7 Å². The fourth-order valence-electron chi connectivity index (χ4n) is 5.14. The van der Waals surface area contributed by atoms with Crippen LogP contribution < -0.4 is 0 Å². The Labute approximate surface area is 182 Å². The van der Waals surface area contributed by atoms with Gasteiger partial charge in [-0.2, -0.15) is 0 Å². The first-order chi connectivity index (χ1) is 14.8. The lowest BCUT2D eigenvalue weighted by Crippen LogP contribution is -2.50. The number of amides is 1. The molecule has 2 unspecified atom stereocenters. The van der Waals surface area contributed by atoms with Crippen LogP contribution in [0.25, 0.3) is 22.0 Å². The third kappa shape index (κ3) is 3.83. The van der Waals surface area contributed by atoms with Crippen molar-refractivity contribution in [2.45, 2.75) is 49.6 Å². The average molecular weight is 418 g/mol. The van der Waals surface area contributed by atoms with Gasteiger partial charge in [-0.3, -0.25) is 4.79 Å². The van der Waals surface area contributed by atoms with Crippen molar-refractivity contribution in [1.82, 2.24) is 15.1 Å². The fourth-order valence-corrected chi connectivity index (χ4v) is 6.00. The van der Waals surface area contributed by atoms with E-state index in [1.54, 1.807) is 0 Å². The van der Waals surface area contributed by atoms with E-state index in [1.165, 1.54) is 43.9 Å². The van der Waals surface area contributed by atoms with Crippen molar-refractivity contribution in [3.05, 3.63) is 54.6 Å². The molecule has 4 nitrogen and oxygen atoms in total. The topological polar surface area (TPSA) is 46.1 Å². The van der Waals surface area contributed by atoms with E-state index in [-0.39, 0.29) is 5.91 Å². The molecule has 5 rings (SSSR count). The molecule has 30 heavy (non-hydrogen) atoms. The summed E-state index contributed by atoms with van der Waals surface area (Å²) in [5.41, 5.74) is 1.95. The van der Waals surface area contributed by atoms with Crippen LogP contribution in [0.1, 0.15) is 38.5 Å². The average Bonchev–Trinajstić information content (AvgIpc) is 2.82. The molecule has 0 radical (unpaired) electrons. The first-order valence-corrected chi connectivity index (χ1v) is 12.0. The molecule has 1 amide bonds. The Morgan fingerprint density at radius 2 is 1.63 bits per heavy atom. The Bertz CT molecular complexity index is 1040. The summed E-state index contributed by atoms with van der Waals surface area (Å²) in [6.07, 6.45) is 7.49. The molecule has 1 aliphatic heterocycles. The van der Waals surface area contributed by atoms with Crippen molar-refractivity contribution in [2.75, 3.05) is 12.3 Å².